The molecule has 1 saturated heterocycles. The Balaban J connectivity index is 1.82. The van der Waals surface area contributed by atoms with Gasteiger partial charge in [-0.3, -0.25) is 0 Å². The summed E-state index contributed by atoms with van der Waals surface area (Å²) in [5, 5.41) is 7.56. The van der Waals surface area contributed by atoms with Crippen LogP contribution < -0.4 is 5.32 Å². The third kappa shape index (κ3) is 2.06. The van der Waals surface area contributed by atoms with Gasteiger partial charge in [0.1, 0.15) is 5.60 Å². The van der Waals surface area contributed by atoms with E-state index >= 15 is 0 Å². The lowest BCUT2D eigenvalue weighted by Gasteiger charge is -2.32. The number of nitrogens with zero attached hydrogens (tertiary/aromatic N) is 2. The number of hydrogen-bond donors (Lipinski definition) is 1. The molecule has 1 aliphatic heterocycles. The molecule has 18 heavy (non-hydrogen) atoms. The maximum atomic E-state index is 5.74. The van der Waals surface area contributed by atoms with Crippen molar-refractivity contribution in [3.8, 4) is 0 Å². The quantitative estimate of drug-likeness (QED) is 0.893. The van der Waals surface area contributed by atoms with Gasteiger partial charge in [-0.2, -0.15) is 4.98 Å². The molecule has 1 aromatic rings. The third-order valence-electron chi connectivity index (χ3n) is 4.26. The fourth-order valence-corrected chi connectivity index (χ4v) is 3.10. The first kappa shape index (κ1) is 12.1. The molecule has 100 valence electrons. The Labute approximate surface area is 107 Å². The molecule has 5 heteroatoms. The number of hydrogen-bond acceptors (Lipinski definition) is 5. The summed E-state index contributed by atoms with van der Waals surface area (Å²) in [4.78, 5) is 4.59. The SMILES string of the molecule is COC1(c2noc([C@@H]3CCCN3)n2)CCCCC1. The summed E-state index contributed by atoms with van der Waals surface area (Å²) in [5.74, 6) is 1.47. The van der Waals surface area contributed by atoms with Crippen molar-refractivity contribution in [2.45, 2.75) is 56.6 Å². The Morgan fingerprint density at radius 3 is 2.78 bits per heavy atom. The summed E-state index contributed by atoms with van der Waals surface area (Å²) in [6.45, 7) is 1.04. The average molecular weight is 251 g/mol. The third-order valence-corrected chi connectivity index (χ3v) is 4.26. The second kappa shape index (κ2) is 4.97. The van der Waals surface area contributed by atoms with Gasteiger partial charge in [0.05, 0.1) is 6.04 Å². The van der Waals surface area contributed by atoms with Crippen molar-refractivity contribution in [2.24, 2.45) is 0 Å². The molecule has 0 amide bonds. The summed E-state index contributed by atoms with van der Waals surface area (Å²) in [6, 6.07) is 0.240. The molecule has 2 fully saturated rings. The van der Waals surface area contributed by atoms with Crippen LogP contribution in [0.15, 0.2) is 4.52 Å². The molecule has 1 atom stereocenters. The van der Waals surface area contributed by atoms with Gasteiger partial charge in [0.25, 0.3) is 0 Å². The molecule has 1 aliphatic carbocycles. The monoisotopic (exact) mass is 251 g/mol. The van der Waals surface area contributed by atoms with Crippen molar-refractivity contribution < 1.29 is 9.26 Å². The lowest BCUT2D eigenvalue weighted by Crippen LogP contribution is -2.32. The lowest BCUT2D eigenvalue weighted by molar-refractivity contribution is -0.0527. The average Bonchev–Trinajstić information content (AvgIpc) is 3.10. The number of rotatable bonds is 3. The van der Waals surface area contributed by atoms with Gasteiger partial charge in [-0.1, -0.05) is 24.4 Å². The smallest absolute Gasteiger partial charge is 0.243 e. The van der Waals surface area contributed by atoms with Crippen molar-refractivity contribution in [3.63, 3.8) is 0 Å². The highest BCUT2D eigenvalue weighted by Crippen LogP contribution is 2.39. The normalized spacial score (nSPS) is 27.5. The molecule has 0 spiro atoms. The standard InChI is InChI=1S/C13H21N3O2/c1-17-13(7-3-2-4-8-13)12-15-11(18-16-12)10-6-5-9-14-10/h10,14H,2-9H2,1H3/t10-/m0/s1. The van der Waals surface area contributed by atoms with Crippen LogP contribution in [0, 0.1) is 0 Å². The van der Waals surface area contributed by atoms with Crippen LogP contribution in [-0.4, -0.2) is 23.8 Å². The summed E-state index contributed by atoms with van der Waals surface area (Å²) in [5.41, 5.74) is -0.307. The van der Waals surface area contributed by atoms with Gasteiger partial charge in [-0.15, -0.1) is 0 Å². The number of ether oxygens (including phenoxy) is 1. The minimum Gasteiger partial charge on any atom is -0.370 e. The van der Waals surface area contributed by atoms with Crippen molar-refractivity contribution in [2.75, 3.05) is 13.7 Å². The van der Waals surface area contributed by atoms with Crippen LogP contribution in [-0.2, 0) is 10.3 Å². The zero-order chi connectivity index (χ0) is 12.4. The molecule has 3 rings (SSSR count). The molecule has 0 radical (unpaired) electrons. The molecular formula is C13H21N3O2. The molecule has 0 unspecified atom stereocenters. The Morgan fingerprint density at radius 2 is 2.11 bits per heavy atom. The molecule has 5 nitrogen and oxygen atoms in total. The van der Waals surface area contributed by atoms with Crippen LogP contribution in [0.3, 0.4) is 0 Å². The Morgan fingerprint density at radius 1 is 1.28 bits per heavy atom. The molecule has 0 aromatic carbocycles. The first-order chi connectivity index (χ1) is 8.84. The predicted molar refractivity (Wildman–Crippen MR) is 66.0 cm³/mol. The van der Waals surface area contributed by atoms with Crippen molar-refractivity contribution in [1.82, 2.24) is 15.5 Å². The van der Waals surface area contributed by atoms with E-state index in [-0.39, 0.29) is 11.6 Å². The summed E-state index contributed by atoms with van der Waals surface area (Å²) in [6.07, 6.45) is 7.90. The van der Waals surface area contributed by atoms with Crippen LogP contribution in [0.1, 0.15) is 62.7 Å². The van der Waals surface area contributed by atoms with Gasteiger partial charge in [0.2, 0.25) is 11.7 Å². The van der Waals surface area contributed by atoms with E-state index in [0.29, 0.717) is 0 Å². The molecule has 1 saturated carbocycles. The zero-order valence-corrected chi connectivity index (χ0v) is 10.9. The van der Waals surface area contributed by atoms with Crippen LogP contribution in [0.4, 0.5) is 0 Å². The van der Waals surface area contributed by atoms with Gasteiger partial charge in [-0.05, 0) is 32.2 Å². The largest absolute Gasteiger partial charge is 0.370 e. The van der Waals surface area contributed by atoms with Gasteiger partial charge in [-0.25, -0.2) is 0 Å². The number of aromatic nitrogens is 2. The first-order valence-corrected chi connectivity index (χ1v) is 6.97. The Kier molecular flexibility index (Phi) is 3.35. The zero-order valence-electron chi connectivity index (χ0n) is 10.9. The van der Waals surface area contributed by atoms with E-state index in [0.717, 1.165) is 37.5 Å². The maximum Gasteiger partial charge on any atom is 0.243 e. The summed E-state index contributed by atoms with van der Waals surface area (Å²) >= 11 is 0. The van der Waals surface area contributed by atoms with Crippen LogP contribution in [0.25, 0.3) is 0 Å². The predicted octanol–water partition coefficient (Wildman–Crippen LogP) is 2.30. The molecular weight excluding hydrogens is 230 g/mol. The van der Waals surface area contributed by atoms with E-state index < -0.39 is 0 Å². The van der Waals surface area contributed by atoms with Crippen molar-refractivity contribution in [1.29, 1.82) is 0 Å². The second-order valence-corrected chi connectivity index (χ2v) is 5.36. The molecule has 1 aromatic heterocycles. The van der Waals surface area contributed by atoms with E-state index in [1.54, 1.807) is 7.11 Å². The topological polar surface area (TPSA) is 60.2 Å². The van der Waals surface area contributed by atoms with Crippen LogP contribution >= 0.6 is 0 Å². The van der Waals surface area contributed by atoms with Crippen LogP contribution in [0.2, 0.25) is 0 Å². The fourth-order valence-electron chi connectivity index (χ4n) is 3.10. The minimum absolute atomic E-state index is 0.240. The summed E-state index contributed by atoms with van der Waals surface area (Å²) < 4.78 is 11.2. The molecule has 0 bridgehead atoms. The van der Waals surface area contributed by atoms with Crippen LogP contribution in [0.5, 0.6) is 0 Å². The van der Waals surface area contributed by atoms with Gasteiger partial charge in [0.15, 0.2) is 0 Å². The molecule has 1 N–H and O–H groups in total. The Bertz CT molecular complexity index is 393. The second-order valence-electron chi connectivity index (χ2n) is 5.36. The molecule has 2 aliphatic rings. The minimum atomic E-state index is -0.307. The van der Waals surface area contributed by atoms with E-state index in [9.17, 15) is 0 Å². The number of methoxy groups -OCH3 is 1. The van der Waals surface area contributed by atoms with E-state index in [2.05, 4.69) is 15.5 Å². The first-order valence-electron chi connectivity index (χ1n) is 6.97. The van der Waals surface area contributed by atoms with Gasteiger partial charge >= 0.3 is 0 Å². The van der Waals surface area contributed by atoms with E-state index in [1.165, 1.54) is 25.7 Å². The Hall–Kier alpha value is -0.940. The highest BCUT2D eigenvalue weighted by molar-refractivity contribution is 5.05. The van der Waals surface area contributed by atoms with Crippen molar-refractivity contribution >= 4 is 0 Å². The lowest BCUT2D eigenvalue weighted by atomic mass is 9.84. The van der Waals surface area contributed by atoms with Gasteiger partial charge < -0.3 is 14.6 Å². The summed E-state index contributed by atoms with van der Waals surface area (Å²) in [7, 11) is 1.76. The fraction of sp³-hybridized carbons (Fsp3) is 0.846. The number of nitrogens with one attached hydrogen (secondary N) is 1. The van der Waals surface area contributed by atoms with Crippen molar-refractivity contribution in [3.05, 3.63) is 11.7 Å². The van der Waals surface area contributed by atoms with E-state index in [1.807, 2.05) is 0 Å². The van der Waals surface area contributed by atoms with E-state index in [4.69, 9.17) is 9.26 Å². The molecule has 2 heterocycles. The highest BCUT2D eigenvalue weighted by Gasteiger charge is 2.39. The maximum absolute atomic E-state index is 5.74. The highest BCUT2D eigenvalue weighted by atomic mass is 16.5. The van der Waals surface area contributed by atoms with Gasteiger partial charge in [0, 0.05) is 7.11 Å².